The molecule has 7 nitrogen and oxygen atoms in total. The fraction of sp³-hybridized carbons (Fsp3) is 0.333. The van der Waals surface area contributed by atoms with Gasteiger partial charge in [-0.2, -0.15) is 0 Å². The SMILES string of the molecule is Cc1cccc(NC(=O)COC(=O)CCCCCN2C(=O)[C@H]3C4c5ccccc5C(c5ccccc54)[C@@H]3C2=O)c1. The minimum absolute atomic E-state index is 0.0759. The Hall–Kier alpha value is -4.26. The summed E-state index contributed by atoms with van der Waals surface area (Å²) in [5, 5.41) is 2.71. The van der Waals surface area contributed by atoms with Gasteiger partial charge < -0.3 is 10.1 Å². The van der Waals surface area contributed by atoms with E-state index in [4.69, 9.17) is 4.74 Å². The summed E-state index contributed by atoms with van der Waals surface area (Å²) in [6, 6.07) is 23.8. The highest BCUT2D eigenvalue weighted by Crippen LogP contribution is 2.60. The topological polar surface area (TPSA) is 92.8 Å². The van der Waals surface area contributed by atoms with Crippen LogP contribution in [0.2, 0.25) is 0 Å². The second kappa shape index (κ2) is 10.7. The maximum absolute atomic E-state index is 13.6. The Morgan fingerprint density at radius 1 is 0.775 bits per heavy atom. The van der Waals surface area contributed by atoms with E-state index in [-0.39, 0.29) is 54.4 Å². The number of imide groups is 1. The number of amides is 3. The molecule has 3 aromatic rings. The number of anilines is 1. The lowest BCUT2D eigenvalue weighted by atomic mass is 9.55. The van der Waals surface area contributed by atoms with Gasteiger partial charge in [-0.05, 0) is 59.7 Å². The van der Waals surface area contributed by atoms with Gasteiger partial charge in [0.1, 0.15) is 0 Å². The molecule has 1 fully saturated rings. The van der Waals surface area contributed by atoms with Crippen molar-refractivity contribution in [2.45, 2.75) is 44.4 Å². The molecule has 2 atom stereocenters. The van der Waals surface area contributed by atoms with Crippen molar-refractivity contribution in [3.63, 3.8) is 0 Å². The van der Waals surface area contributed by atoms with Crippen LogP contribution in [0, 0.1) is 18.8 Å². The fourth-order valence-corrected chi connectivity index (χ4v) is 6.81. The first-order valence-corrected chi connectivity index (χ1v) is 14.0. The lowest BCUT2D eigenvalue weighted by molar-refractivity contribution is -0.147. The molecule has 1 N–H and O–H groups in total. The second-order valence-electron chi connectivity index (χ2n) is 11.0. The van der Waals surface area contributed by atoms with Crippen molar-refractivity contribution in [3.8, 4) is 0 Å². The maximum Gasteiger partial charge on any atom is 0.306 e. The summed E-state index contributed by atoms with van der Waals surface area (Å²) in [4.78, 5) is 52.9. The molecule has 2 bridgehead atoms. The van der Waals surface area contributed by atoms with Gasteiger partial charge in [-0.1, -0.05) is 67.1 Å². The summed E-state index contributed by atoms with van der Waals surface area (Å²) in [7, 11) is 0. The summed E-state index contributed by atoms with van der Waals surface area (Å²) in [6.07, 6.45) is 2.03. The number of carbonyl (C=O) groups is 4. The average Bonchev–Trinajstić information content (AvgIpc) is 3.21. The number of likely N-dealkylation sites (tertiary alicyclic amines) is 1. The average molecular weight is 537 g/mol. The van der Waals surface area contributed by atoms with Crippen molar-refractivity contribution in [1.29, 1.82) is 0 Å². The molecule has 3 aromatic carbocycles. The normalized spacial score (nSPS) is 22.0. The molecule has 204 valence electrons. The van der Waals surface area contributed by atoms with Gasteiger partial charge in [-0.3, -0.25) is 24.1 Å². The first-order valence-electron chi connectivity index (χ1n) is 14.0. The van der Waals surface area contributed by atoms with Crippen LogP contribution in [-0.4, -0.2) is 41.7 Å². The zero-order valence-electron chi connectivity index (χ0n) is 22.5. The van der Waals surface area contributed by atoms with E-state index in [1.165, 1.54) is 27.2 Å². The smallest absolute Gasteiger partial charge is 0.306 e. The third kappa shape index (κ3) is 4.59. The number of carbonyl (C=O) groups excluding carboxylic acids is 4. The number of benzene rings is 3. The second-order valence-corrected chi connectivity index (χ2v) is 11.0. The van der Waals surface area contributed by atoms with E-state index >= 15 is 0 Å². The molecule has 0 saturated carbocycles. The van der Waals surface area contributed by atoms with E-state index in [0.29, 0.717) is 31.5 Å². The molecule has 3 aliphatic carbocycles. The fourth-order valence-electron chi connectivity index (χ4n) is 6.81. The number of nitrogens with one attached hydrogen (secondary N) is 1. The Bertz CT molecular complexity index is 1380. The Kier molecular flexibility index (Phi) is 6.96. The first-order chi connectivity index (χ1) is 19.4. The Labute approximate surface area is 233 Å². The van der Waals surface area contributed by atoms with Gasteiger partial charge in [0.05, 0.1) is 11.8 Å². The number of rotatable bonds is 9. The molecule has 1 aliphatic heterocycles. The van der Waals surface area contributed by atoms with Crippen LogP contribution in [0.3, 0.4) is 0 Å². The molecule has 0 aromatic heterocycles. The number of ether oxygens (including phenoxy) is 1. The van der Waals surface area contributed by atoms with E-state index in [2.05, 4.69) is 29.6 Å². The zero-order chi connectivity index (χ0) is 27.8. The Morgan fingerprint density at radius 3 is 1.90 bits per heavy atom. The number of aryl methyl sites for hydroxylation is 1. The van der Waals surface area contributed by atoms with Gasteiger partial charge in [-0.15, -0.1) is 0 Å². The molecule has 3 amide bonds. The summed E-state index contributed by atoms with van der Waals surface area (Å²) in [5.74, 6) is -1.88. The van der Waals surface area contributed by atoms with Crippen LogP contribution >= 0.6 is 0 Å². The zero-order valence-corrected chi connectivity index (χ0v) is 22.5. The highest BCUT2D eigenvalue weighted by atomic mass is 16.5. The largest absolute Gasteiger partial charge is 0.456 e. The van der Waals surface area contributed by atoms with Crippen LogP contribution in [0.1, 0.15) is 65.3 Å². The highest BCUT2D eigenvalue weighted by molar-refractivity contribution is 6.07. The van der Waals surface area contributed by atoms with E-state index in [1.807, 2.05) is 49.4 Å². The number of unbranched alkanes of at least 4 members (excludes halogenated alkanes) is 2. The number of esters is 1. The molecule has 1 heterocycles. The van der Waals surface area contributed by atoms with E-state index in [9.17, 15) is 19.2 Å². The van der Waals surface area contributed by atoms with Crippen molar-refractivity contribution in [2.75, 3.05) is 18.5 Å². The molecule has 7 heteroatoms. The summed E-state index contributed by atoms with van der Waals surface area (Å²) in [6.45, 7) is 1.95. The van der Waals surface area contributed by atoms with Crippen LogP contribution in [0.4, 0.5) is 5.69 Å². The Morgan fingerprint density at radius 2 is 1.35 bits per heavy atom. The summed E-state index contributed by atoms with van der Waals surface area (Å²) >= 11 is 0. The quantitative estimate of drug-likeness (QED) is 0.238. The van der Waals surface area contributed by atoms with Gasteiger partial charge in [0, 0.05) is 30.5 Å². The van der Waals surface area contributed by atoms with Crippen molar-refractivity contribution in [1.82, 2.24) is 4.90 Å². The monoisotopic (exact) mass is 536 g/mol. The van der Waals surface area contributed by atoms with Gasteiger partial charge in [-0.25, -0.2) is 0 Å². The van der Waals surface area contributed by atoms with Gasteiger partial charge in [0.15, 0.2) is 6.61 Å². The molecule has 0 spiro atoms. The molecular weight excluding hydrogens is 504 g/mol. The minimum Gasteiger partial charge on any atom is -0.456 e. The van der Waals surface area contributed by atoms with Crippen LogP contribution in [-0.2, 0) is 23.9 Å². The van der Waals surface area contributed by atoms with Crippen LogP contribution < -0.4 is 5.32 Å². The predicted molar refractivity (Wildman–Crippen MR) is 150 cm³/mol. The molecule has 0 radical (unpaired) electrons. The van der Waals surface area contributed by atoms with Crippen molar-refractivity contribution in [3.05, 3.63) is 101 Å². The van der Waals surface area contributed by atoms with Crippen molar-refractivity contribution >= 4 is 29.4 Å². The molecule has 4 aliphatic rings. The number of hydrogen-bond acceptors (Lipinski definition) is 5. The lowest BCUT2D eigenvalue weighted by Crippen LogP contribution is -2.41. The van der Waals surface area contributed by atoms with Crippen LogP contribution in [0.5, 0.6) is 0 Å². The van der Waals surface area contributed by atoms with Gasteiger partial charge in [0.25, 0.3) is 5.91 Å². The standard InChI is InChI=1S/C33H32N2O5/c1-20-10-9-11-21(18-20)34-26(36)19-40-27(37)16-3-2-8-17-35-32(38)30-28-22-12-4-5-13-23(22)29(31(30)33(35)39)25-15-7-6-14-24(25)28/h4-7,9-15,18,28-31H,2-3,8,16-17,19H2,1H3,(H,34,36)/t28?,29?,30-,31-/m0/s1. The molecule has 7 rings (SSSR count). The van der Waals surface area contributed by atoms with Crippen LogP contribution in [0.25, 0.3) is 0 Å². The van der Waals surface area contributed by atoms with E-state index in [1.54, 1.807) is 6.07 Å². The van der Waals surface area contributed by atoms with Crippen molar-refractivity contribution < 1.29 is 23.9 Å². The molecule has 40 heavy (non-hydrogen) atoms. The first kappa shape index (κ1) is 26.0. The van der Waals surface area contributed by atoms with Gasteiger partial charge >= 0.3 is 5.97 Å². The molecule has 1 saturated heterocycles. The highest BCUT2D eigenvalue weighted by Gasteiger charge is 2.61. The van der Waals surface area contributed by atoms with Crippen molar-refractivity contribution in [2.24, 2.45) is 11.8 Å². The molecule has 0 unspecified atom stereocenters. The Balaban J connectivity index is 1.00. The molecular formula is C33H32N2O5. The maximum atomic E-state index is 13.6. The third-order valence-electron chi connectivity index (χ3n) is 8.47. The summed E-state index contributed by atoms with van der Waals surface area (Å²) in [5.41, 5.74) is 6.35. The minimum atomic E-state index is -0.439. The lowest BCUT2D eigenvalue weighted by Gasteiger charge is -2.45. The summed E-state index contributed by atoms with van der Waals surface area (Å²) < 4.78 is 5.11. The van der Waals surface area contributed by atoms with E-state index < -0.39 is 5.97 Å². The van der Waals surface area contributed by atoms with E-state index in [0.717, 1.165) is 5.56 Å². The third-order valence-corrected chi connectivity index (χ3v) is 8.47. The number of hydrogen-bond donors (Lipinski definition) is 1. The van der Waals surface area contributed by atoms with Gasteiger partial charge in [0.2, 0.25) is 11.8 Å². The van der Waals surface area contributed by atoms with Crippen LogP contribution in [0.15, 0.2) is 72.8 Å². The predicted octanol–water partition coefficient (Wildman–Crippen LogP) is 4.93. The number of nitrogens with zero attached hydrogens (tertiary/aromatic N) is 1.